The smallest absolute Gasteiger partial charge is 0.337 e. The van der Waals surface area contributed by atoms with Crippen molar-refractivity contribution in [3.8, 4) is 5.82 Å². The van der Waals surface area contributed by atoms with Crippen molar-refractivity contribution in [3.05, 3.63) is 33.7 Å². The maximum atomic E-state index is 10.8. The van der Waals surface area contributed by atoms with Gasteiger partial charge in [0, 0.05) is 6.20 Å². The fourth-order valence-electron chi connectivity index (χ4n) is 1.60. The van der Waals surface area contributed by atoms with Crippen LogP contribution in [-0.4, -0.2) is 25.8 Å². The summed E-state index contributed by atoms with van der Waals surface area (Å²) in [6.45, 7) is 3.73. The van der Waals surface area contributed by atoms with Gasteiger partial charge in [-0.2, -0.15) is 5.10 Å². The fourth-order valence-corrected chi connectivity index (χ4v) is 1.85. The molecule has 0 aliphatic carbocycles. The summed E-state index contributed by atoms with van der Waals surface area (Å²) in [6, 6.07) is 1.37. The van der Waals surface area contributed by atoms with E-state index in [0.29, 0.717) is 5.82 Å². The van der Waals surface area contributed by atoms with Crippen molar-refractivity contribution in [2.24, 2.45) is 0 Å². The molecule has 0 aliphatic heterocycles. The van der Waals surface area contributed by atoms with Gasteiger partial charge >= 0.3 is 5.97 Å². The van der Waals surface area contributed by atoms with Gasteiger partial charge in [0.1, 0.15) is 0 Å². The van der Waals surface area contributed by atoms with Gasteiger partial charge in [0.15, 0.2) is 5.82 Å². The molecule has 0 bridgehead atoms. The second kappa shape index (κ2) is 4.41. The third kappa shape index (κ3) is 1.97. The Labute approximate surface area is 112 Å². The number of halogens is 1. The van der Waals surface area contributed by atoms with Crippen LogP contribution >= 0.6 is 15.9 Å². The zero-order chi connectivity index (χ0) is 13.4. The van der Waals surface area contributed by atoms with E-state index in [1.807, 2.05) is 13.8 Å². The number of carboxylic acid groups (broad SMARTS) is 1. The van der Waals surface area contributed by atoms with E-state index in [1.165, 1.54) is 12.3 Å². The van der Waals surface area contributed by atoms with Crippen molar-refractivity contribution >= 4 is 27.6 Å². The average Bonchev–Trinajstić information content (AvgIpc) is 2.57. The molecule has 2 aromatic heterocycles. The van der Waals surface area contributed by atoms with Crippen molar-refractivity contribution in [2.45, 2.75) is 13.8 Å². The van der Waals surface area contributed by atoms with Gasteiger partial charge in [-0.15, -0.1) is 0 Å². The number of pyridine rings is 1. The first-order valence-corrected chi connectivity index (χ1v) is 5.92. The topological polar surface area (TPSA) is 94.0 Å². The van der Waals surface area contributed by atoms with Gasteiger partial charge in [0.2, 0.25) is 0 Å². The van der Waals surface area contributed by atoms with E-state index in [2.05, 4.69) is 26.0 Å². The summed E-state index contributed by atoms with van der Waals surface area (Å²) in [5.41, 5.74) is 7.81. The predicted molar refractivity (Wildman–Crippen MR) is 69.9 cm³/mol. The van der Waals surface area contributed by atoms with Crippen LogP contribution in [0.2, 0.25) is 0 Å². The highest BCUT2D eigenvalue weighted by Crippen LogP contribution is 2.24. The number of carboxylic acids is 1. The lowest BCUT2D eigenvalue weighted by Crippen LogP contribution is -2.08. The number of rotatable bonds is 2. The Bertz CT molecular complexity index is 636. The molecular weight excluding hydrogens is 300 g/mol. The first-order valence-electron chi connectivity index (χ1n) is 5.12. The van der Waals surface area contributed by atoms with Gasteiger partial charge in [-0.1, -0.05) is 0 Å². The molecular formula is C11H11BrN4O2. The number of carbonyl (C=O) groups is 1. The molecule has 2 rings (SSSR count). The minimum Gasteiger partial charge on any atom is -0.478 e. The lowest BCUT2D eigenvalue weighted by molar-refractivity contribution is 0.0696. The molecule has 0 aliphatic rings. The number of nitrogens with zero attached hydrogens (tertiary/aromatic N) is 3. The molecule has 0 unspecified atom stereocenters. The van der Waals surface area contributed by atoms with Crippen LogP contribution in [0.1, 0.15) is 21.7 Å². The SMILES string of the molecule is Cc1nn(-c2ncc(C(=O)O)cc2N)c(C)c1Br. The molecule has 2 heterocycles. The molecule has 0 atom stereocenters. The molecule has 0 radical (unpaired) electrons. The van der Waals surface area contributed by atoms with Crippen molar-refractivity contribution in [3.63, 3.8) is 0 Å². The number of nitrogens with two attached hydrogens (primary N) is 1. The standard InChI is InChI=1S/C11H11BrN4O2/c1-5-9(12)6(2)16(15-5)10-8(13)3-7(4-14-10)11(17)18/h3-4H,13H2,1-2H3,(H,17,18). The number of aromatic carboxylic acids is 1. The number of aryl methyl sites for hydroxylation is 1. The third-order valence-electron chi connectivity index (χ3n) is 2.55. The third-order valence-corrected chi connectivity index (χ3v) is 3.69. The van der Waals surface area contributed by atoms with Gasteiger partial charge in [-0.3, -0.25) is 0 Å². The highest BCUT2D eigenvalue weighted by Gasteiger charge is 2.15. The summed E-state index contributed by atoms with van der Waals surface area (Å²) in [6.07, 6.45) is 1.26. The Morgan fingerprint density at radius 2 is 2.17 bits per heavy atom. The van der Waals surface area contributed by atoms with Gasteiger partial charge in [-0.05, 0) is 35.8 Å². The van der Waals surface area contributed by atoms with Gasteiger partial charge in [0.25, 0.3) is 0 Å². The molecule has 6 nitrogen and oxygen atoms in total. The van der Waals surface area contributed by atoms with Crippen molar-refractivity contribution in [2.75, 3.05) is 5.73 Å². The van der Waals surface area contributed by atoms with Gasteiger partial charge in [0.05, 0.1) is 27.1 Å². The second-order valence-corrected chi connectivity index (χ2v) is 4.63. The van der Waals surface area contributed by atoms with Crippen LogP contribution in [-0.2, 0) is 0 Å². The average molecular weight is 311 g/mol. The Hall–Kier alpha value is -1.89. The lowest BCUT2D eigenvalue weighted by atomic mass is 10.2. The molecule has 94 valence electrons. The van der Waals surface area contributed by atoms with E-state index in [1.54, 1.807) is 4.68 Å². The molecule has 3 N–H and O–H groups in total. The Morgan fingerprint density at radius 1 is 1.50 bits per heavy atom. The summed E-state index contributed by atoms with van der Waals surface area (Å²) in [5.74, 6) is -0.637. The molecule has 0 saturated carbocycles. The normalized spacial score (nSPS) is 10.6. The van der Waals surface area contributed by atoms with Crippen LogP contribution in [0.25, 0.3) is 5.82 Å². The summed E-state index contributed by atoms with van der Waals surface area (Å²) in [4.78, 5) is 14.9. The van der Waals surface area contributed by atoms with E-state index in [9.17, 15) is 4.79 Å². The van der Waals surface area contributed by atoms with Crippen LogP contribution in [0.15, 0.2) is 16.7 Å². The van der Waals surface area contributed by atoms with Crippen LogP contribution < -0.4 is 5.73 Å². The number of nitrogen functional groups attached to an aromatic ring is 1. The number of hydrogen-bond acceptors (Lipinski definition) is 4. The van der Waals surface area contributed by atoms with E-state index in [4.69, 9.17) is 10.8 Å². The maximum absolute atomic E-state index is 10.8. The molecule has 0 aromatic carbocycles. The summed E-state index contributed by atoms with van der Waals surface area (Å²) in [7, 11) is 0. The first kappa shape index (κ1) is 12.6. The molecule has 0 amide bonds. The van der Waals surface area contributed by atoms with E-state index >= 15 is 0 Å². The fraction of sp³-hybridized carbons (Fsp3) is 0.182. The molecule has 0 saturated heterocycles. The van der Waals surface area contributed by atoms with E-state index in [-0.39, 0.29) is 11.3 Å². The predicted octanol–water partition coefficient (Wildman–Crippen LogP) is 1.93. The highest BCUT2D eigenvalue weighted by molar-refractivity contribution is 9.10. The molecule has 18 heavy (non-hydrogen) atoms. The van der Waals surface area contributed by atoms with Crippen LogP contribution in [0.4, 0.5) is 5.69 Å². The van der Waals surface area contributed by atoms with E-state index in [0.717, 1.165) is 15.9 Å². The van der Waals surface area contributed by atoms with Crippen molar-refractivity contribution < 1.29 is 9.90 Å². The maximum Gasteiger partial charge on any atom is 0.337 e. The molecule has 0 spiro atoms. The zero-order valence-electron chi connectivity index (χ0n) is 9.81. The number of anilines is 1. The largest absolute Gasteiger partial charge is 0.478 e. The summed E-state index contributed by atoms with van der Waals surface area (Å²) >= 11 is 3.41. The lowest BCUT2D eigenvalue weighted by Gasteiger charge is -2.07. The molecule has 7 heteroatoms. The van der Waals surface area contributed by atoms with Crippen LogP contribution in [0.3, 0.4) is 0 Å². The Kier molecular flexibility index (Phi) is 3.08. The highest BCUT2D eigenvalue weighted by atomic mass is 79.9. The van der Waals surface area contributed by atoms with Crippen molar-refractivity contribution in [1.29, 1.82) is 0 Å². The summed E-state index contributed by atoms with van der Waals surface area (Å²) < 4.78 is 2.46. The molecule has 2 aromatic rings. The zero-order valence-corrected chi connectivity index (χ0v) is 11.4. The molecule has 0 fully saturated rings. The van der Waals surface area contributed by atoms with Gasteiger partial charge in [-0.25, -0.2) is 14.5 Å². The van der Waals surface area contributed by atoms with Gasteiger partial charge < -0.3 is 10.8 Å². The minimum absolute atomic E-state index is 0.0526. The number of hydrogen-bond donors (Lipinski definition) is 2. The van der Waals surface area contributed by atoms with E-state index < -0.39 is 5.97 Å². The second-order valence-electron chi connectivity index (χ2n) is 3.84. The minimum atomic E-state index is -1.06. The summed E-state index contributed by atoms with van der Waals surface area (Å²) in [5, 5.41) is 13.1. The van der Waals surface area contributed by atoms with Crippen molar-refractivity contribution in [1.82, 2.24) is 14.8 Å². The Balaban J connectivity index is 2.58. The first-order chi connectivity index (χ1) is 8.41. The monoisotopic (exact) mass is 310 g/mol. The van der Waals surface area contributed by atoms with Crippen LogP contribution in [0.5, 0.6) is 0 Å². The number of aromatic nitrogens is 3. The van der Waals surface area contributed by atoms with Crippen LogP contribution in [0, 0.1) is 13.8 Å². The quantitative estimate of drug-likeness (QED) is 0.884. The Morgan fingerprint density at radius 3 is 2.61 bits per heavy atom.